The maximum atomic E-state index is 10.3. The molecular formula is C15H17BrN2O2. The van der Waals surface area contributed by atoms with Gasteiger partial charge in [-0.15, -0.1) is 0 Å². The van der Waals surface area contributed by atoms with E-state index in [1.165, 1.54) is 0 Å². The van der Waals surface area contributed by atoms with E-state index in [0.717, 1.165) is 34.3 Å². The molecule has 4 nitrogen and oxygen atoms in total. The summed E-state index contributed by atoms with van der Waals surface area (Å²) in [5.74, 6) is 0.750. The Balaban J connectivity index is 1.85. The summed E-state index contributed by atoms with van der Waals surface area (Å²) in [6.45, 7) is 3.02. The van der Waals surface area contributed by atoms with Crippen LogP contribution in [0.3, 0.4) is 0 Å². The first-order valence-electron chi connectivity index (χ1n) is 6.84. The minimum absolute atomic E-state index is 0.135. The average molecular weight is 337 g/mol. The Morgan fingerprint density at radius 1 is 1.50 bits per heavy atom. The molecule has 0 saturated heterocycles. The van der Waals surface area contributed by atoms with E-state index in [-0.39, 0.29) is 6.10 Å². The summed E-state index contributed by atoms with van der Waals surface area (Å²) in [4.78, 5) is 0. The first-order chi connectivity index (χ1) is 9.67. The highest BCUT2D eigenvalue weighted by Gasteiger charge is 2.28. The maximum Gasteiger partial charge on any atom is 0.130 e. The summed E-state index contributed by atoms with van der Waals surface area (Å²) in [6.07, 6.45) is 4.80. The molecule has 20 heavy (non-hydrogen) atoms. The number of aryl methyl sites for hydroxylation is 1. The fourth-order valence-electron chi connectivity index (χ4n) is 2.52. The first kappa shape index (κ1) is 13.6. The van der Waals surface area contributed by atoms with Gasteiger partial charge in [-0.2, -0.15) is 5.10 Å². The van der Waals surface area contributed by atoms with Crippen molar-refractivity contribution < 1.29 is 9.84 Å². The summed E-state index contributed by atoms with van der Waals surface area (Å²) in [5.41, 5.74) is 1.86. The lowest BCUT2D eigenvalue weighted by molar-refractivity contribution is 0.0656. The van der Waals surface area contributed by atoms with Crippen molar-refractivity contribution in [3.05, 3.63) is 46.2 Å². The van der Waals surface area contributed by atoms with Crippen molar-refractivity contribution in [3.8, 4) is 5.75 Å². The second-order valence-corrected chi connectivity index (χ2v) is 5.99. The number of aliphatic hydroxyl groups is 1. The Morgan fingerprint density at radius 3 is 3.15 bits per heavy atom. The van der Waals surface area contributed by atoms with E-state index in [1.54, 1.807) is 0 Å². The van der Waals surface area contributed by atoms with E-state index in [4.69, 9.17) is 4.74 Å². The Bertz CT molecular complexity index is 612. The molecule has 1 aliphatic rings. The van der Waals surface area contributed by atoms with Crippen LogP contribution in [0.5, 0.6) is 5.75 Å². The molecule has 1 N–H and O–H groups in total. The van der Waals surface area contributed by atoms with Crippen LogP contribution < -0.4 is 4.74 Å². The second-order valence-electron chi connectivity index (χ2n) is 5.08. The third-order valence-corrected chi connectivity index (χ3v) is 4.01. The number of aromatic nitrogens is 2. The van der Waals surface area contributed by atoms with Crippen LogP contribution in [0.4, 0.5) is 0 Å². The SMILES string of the molecule is CCCn1cc(C2CC(O)c3cc(Br)ccc3O2)cn1. The molecule has 1 aromatic carbocycles. The highest BCUT2D eigenvalue weighted by atomic mass is 79.9. The van der Waals surface area contributed by atoms with Crippen molar-refractivity contribution in [1.82, 2.24) is 9.78 Å². The Morgan fingerprint density at radius 2 is 2.35 bits per heavy atom. The largest absolute Gasteiger partial charge is 0.485 e. The van der Waals surface area contributed by atoms with Crippen molar-refractivity contribution in [3.63, 3.8) is 0 Å². The minimum Gasteiger partial charge on any atom is -0.485 e. The van der Waals surface area contributed by atoms with Crippen LogP contribution in [0, 0.1) is 0 Å². The lowest BCUT2D eigenvalue weighted by Crippen LogP contribution is -2.18. The molecule has 0 amide bonds. The van der Waals surface area contributed by atoms with Crippen LogP contribution in [0.1, 0.15) is 43.1 Å². The number of aliphatic hydroxyl groups excluding tert-OH is 1. The van der Waals surface area contributed by atoms with Crippen LogP contribution in [-0.4, -0.2) is 14.9 Å². The lowest BCUT2D eigenvalue weighted by atomic mass is 9.96. The zero-order chi connectivity index (χ0) is 14.1. The molecule has 3 rings (SSSR count). The van der Waals surface area contributed by atoms with E-state index in [2.05, 4.69) is 28.0 Å². The number of hydrogen-bond acceptors (Lipinski definition) is 3. The van der Waals surface area contributed by atoms with Crippen molar-refractivity contribution >= 4 is 15.9 Å². The molecule has 0 saturated carbocycles. The number of rotatable bonds is 3. The normalized spacial score (nSPS) is 21.4. The molecule has 2 unspecified atom stereocenters. The number of nitrogens with zero attached hydrogens (tertiary/aromatic N) is 2. The van der Waals surface area contributed by atoms with Gasteiger partial charge in [-0.3, -0.25) is 4.68 Å². The molecule has 1 aromatic heterocycles. The van der Waals surface area contributed by atoms with Gasteiger partial charge in [0.05, 0.1) is 12.3 Å². The third kappa shape index (κ3) is 2.60. The highest BCUT2D eigenvalue weighted by Crippen LogP contribution is 2.41. The smallest absolute Gasteiger partial charge is 0.130 e. The van der Waals surface area contributed by atoms with Gasteiger partial charge in [-0.05, 0) is 24.6 Å². The number of fused-ring (bicyclic) bond motifs is 1. The molecule has 0 bridgehead atoms. The number of halogens is 1. The van der Waals surface area contributed by atoms with Crippen LogP contribution in [0.25, 0.3) is 0 Å². The Labute approximate surface area is 126 Å². The van der Waals surface area contributed by atoms with Gasteiger partial charge in [0.25, 0.3) is 0 Å². The molecule has 2 heterocycles. The minimum atomic E-state index is -0.504. The summed E-state index contributed by atoms with van der Waals surface area (Å²) in [7, 11) is 0. The molecule has 2 aromatic rings. The molecule has 2 atom stereocenters. The Kier molecular flexibility index (Phi) is 3.81. The van der Waals surface area contributed by atoms with Gasteiger partial charge in [0, 0.05) is 34.8 Å². The summed E-state index contributed by atoms with van der Waals surface area (Å²) < 4.78 is 8.87. The number of ether oxygens (including phenoxy) is 1. The molecular weight excluding hydrogens is 320 g/mol. The van der Waals surface area contributed by atoms with E-state index >= 15 is 0 Å². The van der Waals surface area contributed by atoms with Crippen molar-refractivity contribution in [2.75, 3.05) is 0 Å². The second kappa shape index (κ2) is 5.58. The van der Waals surface area contributed by atoms with Crippen LogP contribution in [0.2, 0.25) is 0 Å². The van der Waals surface area contributed by atoms with E-state index in [9.17, 15) is 5.11 Å². The fraction of sp³-hybridized carbons (Fsp3) is 0.400. The molecule has 5 heteroatoms. The van der Waals surface area contributed by atoms with Crippen molar-refractivity contribution in [2.45, 2.75) is 38.5 Å². The highest BCUT2D eigenvalue weighted by molar-refractivity contribution is 9.10. The van der Waals surface area contributed by atoms with Crippen molar-refractivity contribution in [1.29, 1.82) is 0 Å². The standard InChI is InChI=1S/C15H17BrN2O2/c1-2-5-18-9-10(8-17-18)15-7-13(19)12-6-11(16)3-4-14(12)20-15/h3-4,6,8-9,13,15,19H,2,5,7H2,1H3. The van der Waals surface area contributed by atoms with Gasteiger partial charge in [-0.25, -0.2) is 0 Å². The number of hydrogen-bond donors (Lipinski definition) is 1. The van der Waals surface area contributed by atoms with Gasteiger partial charge < -0.3 is 9.84 Å². The first-order valence-corrected chi connectivity index (χ1v) is 7.63. The van der Waals surface area contributed by atoms with E-state index in [1.807, 2.05) is 35.3 Å². The fourth-order valence-corrected chi connectivity index (χ4v) is 2.90. The molecule has 0 aliphatic carbocycles. The summed E-state index contributed by atoms with van der Waals surface area (Å²) >= 11 is 3.42. The van der Waals surface area contributed by atoms with E-state index in [0.29, 0.717) is 6.42 Å². The monoisotopic (exact) mass is 336 g/mol. The van der Waals surface area contributed by atoms with Crippen LogP contribution in [-0.2, 0) is 6.54 Å². The molecule has 0 radical (unpaired) electrons. The predicted octanol–water partition coefficient (Wildman–Crippen LogP) is 3.61. The topological polar surface area (TPSA) is 47.3 Å². The van der Waals surface area contributed by atoms with Gasteiger partial charge >= 0.3 is 0 Å². The third-order valence-electron chi connectivity index (χ3n) is 3.52. The number of benzene rings is 1. The predicted molar refractivity (Wildman–Crippen MR) is 79.6 cm³/mol. The zero-order valence-corrected chi connectivity index (χ0v) is 12.9. The van der Waals surface area contributed by atoms with Crippen LogP contribution in [0.15, 0.2) is 35.1 Å². The van der Waals surface area contributed by atoms with Gasteiger partial charge in [0.2, 0.25) is 0 Å². The summed E-state index contributed by atoms with van der Waals surface area (Å²) in [5, 5.41) is 14.6. The van der Waals surface area contributed by atoms with Crippen LogP contribution >= 0.6 is 15.9 Å². The Hall–Kier alpha value is -1.33. The molecule has 0 fully saturated rings. The maximum absolute atomic E-state index is 10.3. The van der Waals surface area contributed by atoms with Gasteiger partial charge in [0.1, 0.15) is 11.9 Å². The quantitative estimate of drug-likeness (QED) is 0.931. The average Bonchev–Trinajstić information content (AvgIpc) is 2.88. The zero-order valence-electron chi connectivity index (χ0n) is 11.3. The van der Waals surface area contributed by atoms with E-state index < -0.39 is 6.10 Å². The summed E-state index contributed by atoms with van der Waals surface area (Å²) in [6, 6.07) is 5.73. The molecule has 106 valence electrons. The van der Waals surface area contributed by atoms with Gasteiger partial charge in [-0.1, -0.05) is 22.9 Å². The van der Waals surface area contributed by atoms with Crippen molar-refractivity contribution in [2.24, 2.45) is 0 Å². The lowest BCUT2D eigenvalue weighted by Gasteiger charge is -2.29. The van der Waals surface area contributed by atoms with Gasteiger partial charge in [0.15, 0.2) is 0 Å². The molecule has 0 spiro atoms. The molecule has 1 aliphatic heterocycles.